The van der Waals surface area contributed by atoms with Crippen molar-refractivity contribution in [2.24, 2.45) is 0 Å². The molecule has 2 nitrogen and oxygen atoms in total. The van der Waals surface area contributed by atoms with E-state index in [2.05, 4.69) is 24.0 Å². The molecular weight excluding hydrogens is 184 g/mol. The molecule has 1 aliphatic heterocycles. The Morgan fingerprint density at radius 3 is 3.07 bits per heavy atom. The first-order chi connectivity index (χ1) is 7.31. The third-order valence-electron chi connectivity index (χ3n) is 3.10. The second kappa shape index (κ2) is 4.56. The van der Waals surface area contributed by atoms with Gasteiger partial charge in [-0.25, -0.2) is 0 Å². The van der Waals surface area contributed by atoms with Crippen LogP contribution < -0.4 is 10.6 Å². The fourth-order valence-corrected chi connectivity index (χ4v) is 2.28. The Morgan fingerprint density at radius 2 is 2.27 bits per heavy atom. The smallest absolute Gasteiger partial charge is 0.0400 e. The molecule has 2 N–H and O–H groups in total. The van der Waals surface area contributed by atoms with Crippen molar-refractivity contribution in [3.8, 4) is 0 Å². The first-order valence-corrected chi connectivity index (χ1v) is 5.94. The number of nitrogens with two attached hydrogens (primary N) is 1. The molecule has 1 aromatic carbocycles. The quantitative estimate of drug-likeness (QED) is 0.767. The average Bonchev–Trinajstić information content (AvgIpc) is 2.25. The Hall–Kier alpha value is -1.18. The van der Waals surface area contributed by atoms with Crippen LogP contribution >= 0.6 is 0 Å². The third kappa shape index (κ3) is 2.25. The van der Waals surface area contributed by atoms with Crippen LogP contribution in [0.3, 0.4) is 0 Å². The molecule has 0 aromatic heterocycles. The van der Waals surface area contributed by atoms with Gasteiger partial charge in [-0.05, 0) is 43.0 Å². The molecule has 0 amide bonds. The summed E-state index contributed by atoms with van der Waals surface area (Å²) in [4.78, 5) is 2.50. The molecule has 0 saturated heterocycles. The van der Waals surface area contributed by atoms with E-state index in [1.165, 1.54) is 50.0 Å². The average molecular weight is 204 g/mol. The van der Waals surface area contributed by atoms with Gasteiger partial charge >= 0.3 is 0 Å². The second-order valence-electron chi connectivity index (χ2n) is 4.33. The summed E-state index contributed by atoms with van der Waals surface area (Å²) in [5.74, 6) is 0. The Morgan fingerprint density at radius 1 is 1.40 bits per heavy atom. The van der Waals surface area contributed by atoms with E-state index in [1.54, 1.807) is 0 Å². The van der Waals surface area contributed by atoms with Crippen LogP contribution in [0.4, 0.5) is 11.4 Å². The molecule has 0 aliphatic carbocycles. The fraction of sp³-hybridized carbons (Fsp3) is 0.538. The van der Waals surface area contributed by atoms with E-state index in [-0.39, 0.29) is 0 Å². The lowest BCUT2D eigenvalue weighted by atomic mass is 10.0. The number of nitrogens with zero attached hydrogens (tertiary/aromatic N) is 1. The standard InChI is InChI=1S/C13H20N2/c1-2-3-8-15-9-4-5-11-10-12(14)6-7-13(11)15/h6-7,10H,2-5,8-9,14H2,1H3. The minimum atomic E-state index is 0.895. The summed E-state index contributed by atoms with van der Waals surface area (Å²) in [5.41, 5.74) is 9.54. The third-order valence-corrected chi connectivity index (χ3v) is 3.10. The van der Waals surface area contributed by atoms with Crippen molar-refractivity contribution >= 4 is 11.4 Å². The van der Waals surface area contributed by atoms with Crippen LogP contribution in [0.25, 0.3) is 0 Å². The van der Waals surface area contributed by atoms with Gasteiger partial charge in [-0.3, -0.25) is 0 Å². The zero-order chi connectivity index (χ0) is 10.7. The monoisotopic (exact) mass is 204 g/mol. The van der Waals surface area contributed by atoms with Gasteiger partial charge < -0.3 is 10.6 Å². The number of aryl methyl sites for hydroxylation is 1. The minimum Gasteiger partial charge on any atom is -0.399 e. The van der Waals surface area contributed by atoms with E-state index in [9.17, 15) is 0 Å². The number of fused-ring (bicyclic) bond motifs is 1. The van der Waals surface area contributed by atoms with Crippen LogP contribution in [0.1, 0.15) is 31.7 Å². The maximum absolute atomic E-state index is 5.81. The van der Waals surface area contributed by atoms with Crippen LogP contribution in [0.2, 0.25) is 0 Å². The van der Waals surface area contributed by atoms with E-state index in [4.69, 9.17) is 5.73 Å². The van der Waals surface area contributed by atoms with Crippen LogP contribution in [0.5, 0.6) is 0 Å². The SMILES string of the molecule is CCCCN1CCCc2cc(N)ccc21. The van der Waals surface area contributed by atoms with Crippen molar-refractivity contribution in [3.05, 3.63) is 23.8 Å². The Kier molecular flexibility index (Phi) is 3.14. The van der Waals surface area contributed by atoms with Crippen molar-refractivity contribution in [1.82, 2.24) is 0 Å². The molecule has 0 fully saturated rings. The summed E-state index contributed by atoms with van der Waals surface area (Å²) in [5, 5.41) is 0. The summed E-state index contributed by atoms with van der Waals surface area (Å²) < 4.78 is 0. The first-order valence-electron chi connectivity index (χ1n) is 5.94. The van der Waals surface area contributed by atoms with Gasteiger partial charge in [-0.2, -0.15) is 0 Å². The summed E-state index contributed by atoms with van der Waals surface area (Å²) in [6.45, 7) is 4.64. The van der Waals surface area contributed by atoms with Gasteiger partial charge in [0.1, 0.15) is 0 Å². The van der Waals surface area contributed by atoms with Crippen molar-refractivity contribution in [2.45, 2.75) is 32.6 Å². The van der Waals surface area contributed by atoms with E-state index in [0.717, 1.165) is 5.69 Å². The number of hydrogen-bond acceptors (Lipinski definition) is 2. The summed E-state index contributed by atoms with van der Waals surface area (Å²) in [6, 6.07) is 6.33. The zero-order valence-electron chi connectivity index (χ0n) is 9.50. The maximum Gasteiger partial charge on any atom is 0.0400 e. The predicted molar refractivity (Wildman–Crippen MR) is 66.3 cm³/mol. The Balaban J connectivity index is 2.18. The molecule has 2 rings (SSSR count). The first kappa shape index (κ1) is 10.3. The molecule has 0 unspecified atom stereocenters. The molecule has 0 saturated carbocycles. The van der Waals surface area contributed by atoms with Crippen LogP contribution in [-0.2, 0) is 6.42 Å². The molecule has 82 valence electrons. The zero-order valence-corrected chi connectivity index (χ0v) is 9.50. The van der Waals surface area contributed by atoms with Gasteiger partial charge in [0.25, 0.3) is 0 Å². The van der Waals surface area contributed by atoms with Crippen molar-refractivity contribution < 1.29 is 0 Å². The molecule has 0 radical (unpaired) electrons. The molecule has 0 atom stereocenters. The molecule has 0 spiro atoms. The van der Waals surface area contributed by atoms with Gasteiger partial charge in [0.2, 0.25) is 0 Å². The van der Waals surface area contributed by atoms with Gasteiger partial charge in [0.05, 0.1) is 0 Å². The Bertz CT molecular complexity index is 333. The maximum atomic E-state index is 5.81. The molecule has 15 heavy (non-hydrogen) atoms. The Labute approximate surface area is 92.1 Å². The number of anilines is 2. The highest BCUT2D eigenvalue weighted by molar-refractivity contribution is 5.61. The second-order valence-corrected chi connectivity index (χ2v) is 4.33. The molecule has 0 bridgehead atoms. The number of benzene rings is 1. The summed E-state index contributed by atoms with van der Waals surface area (Å²) in [6.07, 6.45) is 4.99. The van der Waals surface area contributed by atoms with E-state index >= 15 is 0 Å². The van der Waals surface area contributed by atoms with E-state index in [0.29, 0.717) is 0 Å². The molecule has 1 aliphatic rings. The lowest BCUT2D eigenvalue weighted by Gasteiger charge is -2.31. The molecule has 2 heteroatoms. The van der Waals surface area contributed by atoms with Gasteiger partial charge in [-0.15, -0.1) is 0 Å². The van der Waals surface area contributed by atoms with Crippen LogP contribution in [-0.4, -0.2) is 13.1 Å². The largest absolute Gasteiger partial charge is 0.399 e. The lowest BCUT2D eigenvalue weighted by Crippen LogP contribution is -2.30. The van der Waals surface area contributed by atoms with Crippen LogP contribution in [0.15, 0.2) is 18.2 Å². The molecule has 1 aromatic rings. The molecular formula is C13H20N2. The molecule has 1 heterocycles. The summed E-state index contributed by atoms with van der Waals surface area (Å²) in [7, 11) is 0. The van der Waals surface area contributed by atoms with Gasteiger partial charge in [0, 0.05) is 24.5 Å². The van der Waals surface area contributed by atoms with Gasteiger partial charge in [-0.1, -0.05) is 13.3 Å². The van der Waals surface area contributed by atoms with Crippen molar-refractivity contribution in [1.29, 1.82) is 0 Å². The van der Waals surface area contributed by atoms with Crippen molar-refractivity contribution in [3.63, 3.8) is 0 Å². The predicted octanol–water partition coefficient (Wildman–Crippen LogP) is 2.82. The highest BCUT2D eigenvalue weighted by atomic mass is 15.1. The number of nitrogen functional groups attached to an aromatic ring is 1. The number of unbranched alkanes of at least 4 members (excludes halogenated alkanes) is 1. The van der Waals surface area contributed by atoms with E-state index < -0.39 is 0 Å². The van der Waals surface area contributed by atoms with Crippen molar-refractivity contribution in [2.75, 3.05) is 23.7 Å². The van der Waals surface area contributed by atoms with Gasteiger partial charge in [0.15, 0.2) is 0 Å². The highest BCUT2D eigenvalue weighted by Gasteiger charge is 2.15. The highest BCUT2D eigenvalue weighted by Crippen LogP contribution is 2.28. The minimum absolute atomic E-state index is 0.895. The number of rotatable bonds is 3. The number of hydrogen-bond donors (Lipinski definition) is 1. The normalized spacial score (nSPS) is 15.1. The topological polar surface area (TPSA) is 29.3 Å². The lowest BCUT2D eigenvalue weighted by molar-refractivity contribution is 0.659. The van der Waals surface area contributed by atoms with Crippen LogP contribution in [0, 0.1) is 0 Å². The fourth-order valence-electron chi connectivity index (χ4n) is 2.28. The van der Waals surface area contributed by atoms with E-state index in [1.807, 2.05) is 6.07 Å². The summed E-state index contributed by atoms with van der Waals surface area (Å²) >= 11 is 0.